The number of likely N-dealkylation sites (tertiary alicyclic amines) is 1. The van der Waals surface area contributed by atoms with E-state index in [1.807, 2.05) is 18.4 Å². The van der Waals surface area contributed by atoms with Gasteiger partial charge in [0.05, 0.1) is 37.1 Å². The van der Waals surface area contributed by atoms with Gasteiger partial charge in [0.25, 0.3) is 0 Å². The SMILES string of the molecule is COc1ccc(-c2cnc3n2CCN(C)C32CCN(Cc3ccoc3)CC2)cc1.O=C(O)C(F)(F)F.O=C(O)C(F)(F)F.O=C(O)C(F)(F)F. The zero-order valence-corrected chi connectivity index (χ0v) is 26.1. The van der Waals surface area contributed by atoms with Gasteiger partial charge in [0.2, 0.25) is 0 Å². The van der Waals surface area contributed by atoms with Gasteiger partial charge >= 0.3 is 36.4 Å². The number of alkyl halides is 9. The Labute approximate surface area is 277 Å². The summed E-state index contributed by atoms with van der Waals surface area (Å²) in [4.78, 5) is 36.7. The molecule has 0 atom stereocenters. The van der Waals surface area contributed by atoms with E-state index in [-0.39, 0.29) is 5.54 Å². The lowest BCUT2D eigenvalue weighted by atomic mass is 9.83. The quantitative estimate of drug-likeness (QED) is 0.291. The molecule has 0 saturated carbocycles. The second-order valence-corrected chi connectivity index (χ2v) is 10.6. The molecule has 3 aromatic rings. The number of carbonyl (C=O) groups is 3. The van der Waals surface area contributed by atoms with E-state index in [4.69, 9.17) is 43.8 Å². The van der Waals surface area contributed by atoms with E-state index in [2.05, 4.69) is 45.8 Å². The predicted octanol–water partition coefficient (Wildman–Crippen LogP) is 5.49. The third-order valence-electron chi connectivity index (χ3n) is 7.44. The van der Waals surface area contributed by atoms with Gasteiger partial charge in [-0.25, -0.2) is 19.4 Å². The van der Waals surface area contributed by atoms with Crippen LogP contribution in [0.3, 0.4) is 0 Å². The number of carboxylic acid groups (broad SMARTS) is 3. The number of imidazole rings is 1. The molecule has 12 nitrogen and oxygen atoms in total. The van der Waals surface area contributed by atoms with Crippen LogP contribution in [0.15, 0.2) is 53.5 Å². The van der Waals surface area contributed by atoms with Crippen LogP contribution in [0.25, 0.3) is 11.3 Å². The van der Waals surface area contributed by atoms with Gasteiger partial charge in [0.15, 0.2) is 0 Å². The first kappa shape index (κ1) is 41.4. The molecule has 0 aliphatic carbocycles. The maximum atomic E-state index is 10.6. The number of likely N-dealkylation sites (N-methyl/N-ethyl adjacent to an activating group) is 1. The second kappa shape index (κ2) is 16.7. The standard InChI is InChI=1S/C23H28N4O2.3C2HF3O2/c1-25-12-13-27-21(19-3-5-20(28-2)6-4-19)15-24-22(27)23(25)8-10-26(11-9-23)16-18-7-14-29-17-18;3*3-2(4,5)1(6)7/h3-7,14-15,17H,8-13,16H2,1-2H3;3*(H,6,7). The normalized spacial score (nSPS) is 16.0. The Morgan fingerprint density at radius 1 is 0.820 bits per heavy atom. The van der Waals surface area contributed by atoms with Gasteiger partial charge in [-0.05, 0) is 50.2 Å². The molecule has 4 heterocycles. The summed E-state index contributed by atoms with van der Waals surface area (Å²) in [6, 6.07) is 10.4. The summed E-state index contributed by atoms with van der Waals surface area (Å²) in [7, 11) is 3.96. The number of methoxy groups -OCH3 is 1. The molecule has 2 aliphatic heterocycles. The number of halogens is 9. The Hall–Kier alpha value is -4.79. The Balaban J connectivity index is 0.000000338. The van der Waals surface area contributed by atoms with Crippen LogP contribution in [0.2, 0.25) is 0 Å². The molecule has 278 valence electrons. The van der Waals surface area contributed by atoms with Crippen LogP contribution in [0, 0.1) is 0 Å². The number of aliphatic carboxylic acids is 3. The maximum absolute atomic E-state index is 10.6. The minimum Gasteiger partial charge on any atom is -0.497 e. The molecule has 0 bridgehead atoms. The van der Waals surface area contributed by atoms with Crippen molar-refractivity contribution >= 4 is 17.9 Å². The van der Waals surface area contributed by atoms with Crippen LogP contribution in [0.5, 0.6) is 5.75 Å². The third-order valence-corrected chi connectivity index (χ3v) is 7.44. The van der Waals surface area contributed by atoms with Crippen LogP contribution < -0.4 is 4.74 Å². The van der Waals surface area contributed by atoms with Crippen LogP contribution in [-0.2, 0) is 33.0 Å². The Kier molecular flexibility index (Phi) is 13.9. The molecule has 1 aromatic carbocycles. The molecule has 2 aliphatic rings. The van der Waals surface area contributed by atoms with E-state index >= 15 is 0 Å². The highest BCUT2D eigenvalue weighted by Crippen LogP contribution is 2.42. The number of furan rings is 1. The molecule has 50 heavy (non-hydrogen) atoms. The van der Waals surface area contributed by atoms with Crippen molar-refractivity contribution < 1.29 is 78.4 Å². The van der Waals surface area contributed by atoms with E-state index in [9.17, 15) is 39.5 Å². The fraction of sp³-hybridized carbons (Fsp3) is 0.448. The number of rotatable bonds is 4. The highest BCUT2D eigenvalue weighted by molar-refractivity contribution is 5.73. The lowest BCUT2D eigenvalue weighted by Gasteiger charge is -2.49. The van der Waals surface area contributed by atoms with Gasteiger partial charge in [0, 0.05) is 43.9 Å². The van der Waals surface area contributed by atoms with Crippen molar-refractivity contribution in [3.63, 3.8) is 0 Å². The molecule has 1 fully saturated rings. The van der Waals surface area contributed by atoms with Crippen LogP contribution in [-0.4, -0.2) is 105 Å². The smallest absolute Gasteiger partial charge is 0.490 e. The first-order chi connectivity index (χ1) is 23.0. The summed E-state index contributed by atoms with van der Waals surface area (Å²) in [5.74, 6) is -6.17. The molecule has 0 radical (unpaired) electrons. The number of piperidine rings is 1. The second-order valence-electron chi connectivity index (χ2n) is 10.6. The summed E-state index contributed by atoms with van der Waals surface area (Å²) < 4.78 is 108. The number of nitrogens with zero attached hydrogens (tertiary/aromatic N) is 4. The molecular weight excluding hydrogens is 703 g/mol. The zero-order valence-electron chi connectivity index (χ0n) is 26.1. The molecule has 3 N–H and O–H groups in total. The fourth-order valence-electron chi connectivity index (χ4n) is 4.93. The molecule has 0 amide bonds. The largest absolute Gasteiger partial charge is 0.497 e. The van der Waals surface area contributed by atoms with E-state index < -0.39 is 36.4 Å². The summed E-state index contributed by atoms with van der Waals surface area (Å²) in [6.07, 6.45) is -7.39. The molecule has 1 spiro atoms. The number of fused-ring (bicyclic) bond motifs is 2. The van der Waals surface area contributed by atoms with Gasteiger partial charge in [-0.15, -0.1) is 0 Å². The van der Waals surface area contributed by atoms with Crippen molar-refractivity contribution in [1.82, 2.24) is 19.4 Å². The average Bonchev–Trinajstić information content (AvgIpc) is 3.70. The molecule has 1 saturated heterocycles. The summed E-state index contributed by atoms with van der Waals surface area (Å²) >= 11 is 0. The highest BCUT2D eigenvalue weighted by Gasteiger charge is 2.46. The summed E-state index contributed by atoms with van der Waals surface area (Å²) in [5, 5.41) is 21.4. The molecule has 0 unspecified atom stereocenters. The Bertz CT molecular complexity index is 1490. The van der Waals surface area contributed by atoms with Crippen molar-refractivity contribution in [3.8, 4) is 17.0 Å². The van der Waals surface area contributed by atoms with Crippen molar-refractivity contribution in [2.24, 2.45) is 0 Å². The zero-order chi connectivity index (χ0) is 38.1. The lowest BCUT2D eigenvalue weighted by Crippen LogP contribution is -2.56. The van der Waals surface area contributed by atoms with Crippen LogP contribution >= 0.6 is 0 Å². The number of hydrogen-bond acceptors (Lipinski definition) is 8. The van der Waals surface area contributed by atoms with Gasteiger partial charge in [-0.2, -0.15) is 39.5 Å². The van der Waals surface area contributed by atoms with E-state index in [1.165, 1.54) is 22.6 Å². The summed E-state index contributed by atoms with van der Waals surface area (Å²) in [5.41, 5.74) is 3.68. The monoisotopic (exact) mass is 734 g/mol. The molecule has 5 rings (SSSR count). The molecular formula is C29H31F9N4O8. The van der Waals surface area contributed by atoms with E-state index in [0.717, 1.165) is 51.3 Å². The Morgan fingerprint density at radius 3 is 1.70 bits per heavy atom. The Morgan fingerprint density at radius 2 is 1.30 bits per heavy atom. The van der Waals surface area contributed by atoms with Crippen molar-refractivity contribution in [2.75, 3.05) is 33.8 Å². The van der Waals surface area contributed by atoms with Gasteiger partial charge in [-0.1, -0.05) is 0 Å². The number of ether oxygens (including phenoxy) is 1. The molecule has 2 aromatic heterocycles. The number of benzene rings is 1. The van der Waals surface area contributed by atoms with Gasteiger partial charge in [-0.3, -0.25) is 9.80 Å². The fourth-order valence-corrected chi connectivity index (χ4v) is 4.93. The van der Waals surface area contributed by atoms with Crippen LogP contribution in [0.4, 0.5) is 39.5 Å². The summed E-state index contributed by atoms with van der Waals surface area (Å²) in [6.45, 7) is 5.13. The van der Waals surface area contributed by atoms with Gasteiger partial charge in [0.1, 0.15) is 11.6 Å². The average molecular weight is 735 g/mol. The maximum Gasteiger partial charge on any atom is 0.490 e. The van der Waals surface area contributed by atoms with E-state index in [1.54, 1.807) is 13.4 Å². The third kappa shape index (κ3) is 11.4. The minimum atomic E-state index is -5.08. The lowest BCUT2D eigenvalue weighted by molar-refractivity contribution is -0.193. The topological polar surface area (TPSA) is 159 Å². The number of carboxylic acids is 3. The van der Waals surface area contributed by atoms with Gasteiger partial charge < -0.3 is 29.0 Å². The molecule has 21 heteroatoms. The first-order valence-corrected chi connectivity index (χ1v) is 14.1. The van der Waals surface area contributed by atoms with Crippen molar-refractivity contribution in [3.05, 3.63) is 60.4 Å². The highest BCUT2D eigenvalue weighted by atomic mass is 19.4. The minimum absolute atomic E-state index is 0.0237. The van der Waals surface area contributed by atoms with E-state index in [0.29, 0.717) is 0 Å². The number of hydrogen-bond donors (Lipinski definition) is 3. The number of aromatic nitrogens is 2. The first-order valence-electron chi connectivity index (χ1n) is 14.1. The van der Waals surface area contributed by atoms with Crippen LogP contribution in [0.1, 0.15) is 24.2 Å². The van der Waals surface area contributed by atoms with Crippen molar-refractivity contribution in [2.45, 2.75) is 50.0 Å². The van der Waals surface area contributed by atoms with Crippen molar-refractivity contribution in [1.29, 1.82) is 0 Å². The predicted molar refractivity (Wildman–Crippen MR) is 153 cm³/mol.